The number of para-hydroxylation sites is 1. The molecule has 0 atom stereocenters. The first kappa shape index (κ1) is 21.7. The van der Waals surface area contributed by atoms with E-state index in [0.29, 0.717) is 0 Å². The van der Waals surface area contributed by atoms with Gasteiger partial charge in [0.1, 0.15) is 12.4 Å². The molecule has 1 aromatic heterocycles. The number of amides is 1. The van der Waals surface area contributed by atoms with Crippen molar-refractivity contribution in [1.82, 2.24) is 5.43 Å². The summed E-state index contributed by atoms with van der Waals surface area (Å²) < 4.78 is 41.5. The molecule has 0 spiro atoms. The number of carbonyl (C=O) groups is 1. The molecule has 1 N–H and O–H groups in total. The van der Waals surface area contributed by atoms with Gasteiger partial charge < -0.3 is 0 Å². The summed E-state index contributed by atoms with van der Waals surface area (Å²) >= 11 is 1.46. The Kier molecular flexibility index (Phi) is 6.63. The predicted molar refractivity (Wildman–Crippen MR) is 117 cm³/mol. The molecule has 0 saturated carbocycles. The molecule has 3 rings (SSSR count). The molecule has 0 fully saturated rings. The number of thiophene rings is 1. The van der Waals surface area contributed by atoms with E-state index in [1.165, 1.54) is 47.9 Å². The Morgan fingerprint density at radius 3 is 2.47 bits per heavy atom. The van der Waals surface area contributed by atoms with Gasteiger partial charge in [-0.1, -0.05) is 29.8 Å². The number of benzene rings is 2. The highest BCUT2D eigenvalue weighted by Crippen LogP contribution is 2.26. The van der Waals surface area contributed by atoms with Gasteiger partial charge in [-0.3, -0.25) is 9.10 Å². The molecule has 0 radical (unpaired) electrons. The molecule has 0 unspecified atom stereocenters. The maximum absolute atomic E-state index is 14.4. The number of halogens is 1. The molecular weight excluding hydrogens is 425 g/mol. The Labute approximate surface area is 178 Å². The minimum atomic E-state index is -4.18. The summed E-state index contributed by atoms with van der Waals surface area (Å²) in [7, 11) is -4.18. The highest BCUT2D eigenvalue weighted by molar-refractivity contribution is 7.92. The van der Waals surface area contributed by atoms with Crippen molar-refractivity contribution in [2.24, 2.45) is 5.10 Å². The molecule has 3 aromatic rings. The van der Waals surface area contributed by atoms with Crippen molar-refractivity contribution < 1.29 is 17.6 Å². The van der Waals surface area contributed by atoms with Gasteiger partial charge in [0.25, 0.3) is 15.9 Å². The van der Waals surface area contributed by atoms with Crippen LogP contribution < -0.4 is 9.73 Å². The van der Waals surface area contributed by atoms with Crippen LogP contribution in [-0.2, 0) is 14.8 Å². The molecule has 2 aromatic carbocycles. The number of aryl methyl sites for hydroxylation is 2. The molecule has 0 aliphatic rings. The maximum Gasteiger partial charge on any atom is 0.264 e. The lowest BCUT2D eigenvalue weighted by atomic mass is 10.2. The van der Waals surface area contributed by atoms with Crippen LogP contribution in [-0.4, -0.2) is 27.1 Å². The number of hydrogen-bond donors (Lipinski definition) is 1. The number of rotatable bonds is 7. The van der Waals surface area contributed by atoms with Gasteiger partial charge in [0.2, 0.25) is 0 Å². The zero-order valence-electron chi connectivity index (χ0n) is 16.4. The van der Waals surface area contributed by atoms with Crippen molar-refractivity contribution in [2.45, 2.75) is 18.7 Å². The molecule has 0 aliphatic carbocycles. The highest BCUT2D eigenvalue weighted by atomic mass is 32.2. The Hall–Kier alpha value is -3.04. The van der Waals surface area contributed by atoms with Gasteiger partial charge in [0.15, 0.2) is 0 Å². The van der Waals surface area contributed by atoms with Crippen molar-refractivity contribution >= 4 is 39.2 Å². The highest BCUT2D eigenvalue weighted by Gasteiger charge is 2.29. The average Bonchev–Trinajstić information content (AvgIpc) is 3.12. The van der Waals surface area contributed by atoms with Gasteiger partial charge in [-0.05, 0) is 55.1 Å². The minimum Gasteiger partial charge on any atom is -0.271 e. The van der Waals surface area contributed by atoms with Crippen LogP contribution in [0.25, 0.3) is 0 Å². The van der Waals surface area contributed by atoms with Crippen molar-refractivity contribution in [3.63, 3.8) is 0 Å². The summed E-state index contributed by atoms with van der Waals surface area (Å²) in [4.78, 5) is 13.3. The molecule has 0 aliphatic heterocycles. The Balaban J connectivity index is 1.87. The molecular formula is C21H20FN3O3S2. The quantitative estimate of drug-likeness (QED) is 0.443. The number of nitrogens with zero attached hydrogens (tertiary/aromatic N) is 2. The largest absolute Gasteiger partial charge is 0.271 e. The molecule has 0 bridgehead atoms. The van der Waals surface area contributed by atoms with Gasteiger partial charge >= 0.3 is 0 Å². The van der Waals surface area contributed by atoms with Crippen LogP contribution >= 0.6 is 11.3 Å². The summed E-state index contributed by atoms with van der Waals surface area (Å²) in [5.74, 6) is -1.45. The van der Waals surface area contributed by atoms with E-state index < -0.39 is 28.3 Å². The minimum absolute atomic E-state index is 0.0399. The summed E-state index contributed by atoms with van der Waals surface area (Å²) in [6.45, 7) is 3.11. The fraction of sp³-hybridized carbons (Fsp3) is 0.143. The second-order valence-corrected chi connectivity index (χ2v) is 9.35. The third-order valence-electron chi connectivity index (χ3n) is 4.29. The van der Waals surface area contributed by atoms with Crippen molar-refractivity contribution in [3.8, 4) is 0 Å². The van der Waals surface area contributed by atoms with E-state index >= 15 is 0 Å². The maximum atomic E-state index is 14.4. The first-order valence-electron chi connectivity index (χ1n) is 8.99. The third-order valence-corrected chi connectivity index (χ3v) is 7.02. The van der Waals surface area contributed by atoms with Crippen molar-refractivity contribution in [1.29, 1.82) is 0 Å². The fourth-order valence-corrected chi connectivity index (χ4v) is 4.85. The predicted octanol–water partition coefficient (Wildman–Crippen LogP) is 3.85. The zero-order chi connectivity index (χ0) is 21.7. The van der Waals surface area contributed by atoms with E-state index in [1.807, 2.05) is 25.3 Å². The summed E-state index contributed by atoms with van der Waals surface area (Å²) in [6.07, 6.45) is 1.49. The van der Waals surface area contributed by atoms with Crippen molar-refractivity contribution in [3.05, 3.63) is 81.8 Å². The molecule has 1 amide bonds. The Morgan fingerprint density at radius 2 is 1.83 bits per heavy atom. The van der Waals surface area contributed by atoms with Gasteiger partial charge in [-0.25, -0.2) is 18.2 Å². The van der Waals surface area contributed by atoms with Crippen LogP contribution in [0.1, 0.15) is 16.0 Å². The van der Waals surface area contributed by atoms with Crippen LogP contribution in [0.5, 0.6) is 0 Å². The number of hydrogen-bond acceptors (Lipinski definition) is 5. The lowest BCUT2D eigenvalue weighted by Gasteiger charge is -2.24. The second kappa shape index (κ2) is 9.19. The number of anilines is 1. The summed E-state index contributed by atoms with van der Waals surface area (Å²) in [6, 6.07) is 13.5. The molecule has 0 saturated heterocycles. The zero-order valence-corrected chi connectivity index (χ0v) is 18.0. The van der Waals surface area contributed by atoms with E-state index in [4.69, 9.17) is 0 Å². The Morgan fingerprint density at radius 1 is 1.13 bits per heavy atom. The van der Waals surface area contributed by atoms with E-state index in [2.05, 4.69) is 10.5 Å². The van der Waals surface area contributed by atoms with Crippen LogP contribution in [0.3, 0.4) is 0 Å². The van der Waals surface area contributed by atoms with Crippen LogP contribution in [0, 0.1) is 19.7 Å². The van der Waals surface area contributed by atoms with E-state index in [1.54, 1.807) is 12.1 Å². The number of hydrazone groups is 1. The first-order chi connectivity index (χ1) is 14.3. The van der Waals surface area contributed by atoms with Crippen LogP contribution in [0.15, 0.2) is 70.0 Å². The summed E-state index contributed by atoms with van der Waals surface area (Å²) in [5, 5.41) is 5.78. The number of sulfonamides is 1. The van der Waals surface area contributed by atoms with Crippen LogP contribution in [0.2, 0.25) is 0 Å². The number of carbonyl (C=O) groups excluding carboxylic acids is 1. The number of nitrogens with one attached hydrogen (secondary N) is 1. The lowest BCUT2D eigenvalue weighted by molar-refractivity contribution is -0.119. The topological polar surface area (TPSA) is 78.8 Å². The molecule has 30 heavy (non-hydrogen) atoms. The fourth-order valence-electron chi connectivity index (χ4n) is 2.64. The van der Waals surface area contributed by atoms with Gasteiger partial charge in [0.05, 0.1) is 16.8 Å². The standard InChI is InChI=1S/C21H20FN3O3S2/c1-15-7-9-17(10-8-15)30(27,28)25(19-6-4-3-5-18(19)22)14-21(26)24-23-13-20-16(2)11-12-29-20/h3-13H,14H2,1-2H3,(H,24,26)/b23-13-. The molecule has 6 nitrogen and oxygen atoms in total. The van der Waals surface area contributed by atoms with Gasteiger partial charge in [-0.15, -0.1) is 11.3 Å². The van der Waals surface area contributed by atoms with E-state index in [9.17, 15) is 17.6 Å². The average molecular weight is 446 g/mol. The lowest BCUT2D eigenvalue weighted by Crippen LogP contribution is -2.40. The third kappa shape index (κ3) is 4.92. The molecule has 9 heteroatoms. The summed E-state index contributed by atoms with van der Waals surface area (Å²) in [5.41, 5.74) is 3.98. The van der Waals surface area contributed by atoms with Crippen LogP contribution in [0.4, 0.5) is 10.1 Å². The monoisotopic (exact) mass is 445 g/mol. The normalized spacial score (nSPS) is 11.6. The van der Waals surface area contributed by atoms with Gasteiger partial charge in [0, 0.05) is 4.88 Å². The molecule has 156 valence electrons. The first-order valence-corrected chi connectivity index (χ1v) is 11.3. The van der Waals surface area contributed by atoms with E-state index in [-0.39, 0.29) is 10.6 Å². The van der Waals surface area contributed by atoms with Crippen molar-refractivity contribution in [2.75, 3.05) is 10.8 Å². The Bertz CT molecular complexity index is 1170. The molecule has 1 heterocycles. The SMILES string of the molecule is Cc1ccc(S(=O)(=O)N(CC(=O)N/N=C\c2sccc2C)c2ccccc2F)cc1. The van der Waals surface area contributed by atoms with E-state index in [0.717, 1.165) is 26.4 Å². The second-order valence-electron chi connectivity index (χ2n) is 6.54. The smallest absolute Gasteiger partial charge is 0.264 e. The van der Waals surface area contributed by atoms with Gasteiger partial charge in [-0.2, -0.15) is 5.10 Å².